The third-order valence-electron chi connectivity index (χ3n) is 0.637. The molecule has 0 saturated carbocycles. The van der Waals surface area contributed by atoms with Crippen LogP contribution in [0.2, 0.25) is 0 Å². The van der Waals surface area contributed by atoms with Gasteiger partial charge in [0, 0.05) is 68.8 Å². The topological polar surface area (TPSA) is 17.8 Å². The molecular formula is C4H6EuN2. The number of imidazole rings is 1. The van der Waals surface area contributed by atoms with Gasteiger partial charge in [0.2, 0.25) is 0 Å². The van der Waals surface area contributed by atoms with E-state index in [1.54, 1.807) is 12.5 Å². The number of nitrogens with zero attached hydrogens (tertiary/aromatic N) is 2. The summed E-state index contributed by atoms with van der Waals surface area (Å²) in [5.74, 6) is 0. The number of aryl methyl sites for hydroxylation is 1. The van der Waals surface area contributed by atoms with Crippen LogP contribution in [-0.4, -0.2) is 9.55 Å². The van der Waals surface area contributed by atoms with E-state index in [2.05, 4.69) is 4.98 Å². The summed E-state index contributed by atoms with van der Waals surface area (Å²) in [4.78, 5) is 3.78. The van der Waals surface area contributed by atoms with E-state index in [1.807, 2.05) is 17.8 Å². The maximum atomic E-state index is 3.78. The fourth-order valence-electron chi connectivity index (χ4n) is 0.326. The third-order valence-corrected chi connectivity index (χ3v) is 0.637. The largest absolute Gasteiger partial charge is 0.341 e. The first-order valence-corrected chi connectivity index (χ1v) is 1.81. The summed E-state index contributed by atoms with van der Waals surface area (Å²) in [6.07, 6.45) is 5.39. The van der Waals surface area contributed by atoms with Crippen LogP contribution in [0.5, 0.6) is 0 Å². The Kier molecular flexibility index (Phi) is 4.18. The number of hydrogen-bond acceptors (Lipinski definition) is 1. The molecule has 0 aliphatic heterocycles. The predicted octanol–water partition coefficient (Wildman–Crippen LogP) is 0.420. The summed E-state index contributed by atoms with van der Waals surface area (Å²) >= 11 is 0. The van der Waals surface area contributed by atoms with E-state index in [0.29, 0.717) is 0 Å². The molecule has 1 rings (SSSR count). The maximum Gasteiger partial charge on any atom is 0.0943 e. The molecule has 0 N–H and O–H groups in total. The van der Waals surface area contributed by atoms with Crippen molar-refractivity contribution in [1.29, 1.82) is 0 Å². The van der Waals surface area contributed by atoms with Crippen molar-refractivity contribution in [3.63, 3.8) is 0 Å². The smallest absolute Gasteiger partial charge is 0.0943 e. The van der Waals surface area contributed by atoms with Gasteiger partial charge in [0.15, 0.2) is 0 Å². The van der Waals surface area contributed by atoms with Crippen LogP contribution in [0.25, 0.3) is 0 Å². The Bertz CT molecular complexity index is 113. The molecule has 0 spiro atoms. The van der Waals surface area contributed by atoms with Crippen LogP contribution >= 0.6 is 0 Å². The molecule has 1 radical (unpaired) electrons. The van der Waals surface area contributed by atoms with Crippen molar-refractivity contribution < 1.29 is 49.4 Å². The zero-order chi connectivity index (χ0) is 4.41. The first-order valence-electron chi connectivity index (χ1n) is 1.81. The van der Waals surface area contributed by atoms with Crippen LogP contribution in [0.1, 0.15) is 0 Å². The van der Waals surface area contributed by atoms with E-state index >= 15 is 0 Å². The van der Waals surface area contributed by atoms with Gasteiger partial charge in [-0.2, -0.15) is 0 Å². The third kappa shape index (κ3) is 2.57. The quantitative estimate of drug-likeness (QED) is 0.636. The first kappa shape index (κ1) is 7.79. The van der Waals surface area contributed by atoms with Crippen LogP contribution in [0.3, 0.4) is 0 Å². The van der Waals surface area contributed by atoms with Gasteiger partial charge in [0.25, 0.3) is 0 Å². The average molecular weight is 234 g/mol. The Labute approximate surface area is 83.5 Å². The molecule has 0 atom stereocenters. The van der Waals surface area contributed by atoms with Crippen molar-refractivity contribution in [2.45, 2.75) is 0 Å². The second-order valence-electron chi connectivity index (χ2n) is 1.23. The monoisotopic (exact) mass is 235 g/mol. The minimum absolute atomic E-state index is 0. The van der Waals surface area contributed by atoms with E-state index in [9.17, 15) is 0 Å². The molecule has 1 aromatic rings. The van der Waals surface area contributed by atoms with Crippen molar-refractivity contribution in [2.24, 2.45) is 7.05 Å². The van der Waals surface area contributed by atoms with Gasteiger partial charge in [-0.25, -0.2) is 4.98 Å². The van der Waals surface area contributed by atoms with Crippen LogP contribution in [0.15, 0.2) is 18.7 Å². The van der Waals surface area contributed by atoms with Crippen molar-refractivity contribution >= 4 is 0 Å². The fourth-order valence-corrected chi connectivity index (χ4v) is 0.326. The van der Waals surface area contributed by atoms with Gasteiger partial charge < -0.3 is 4.57 Å². The maximum absolute atomic E-state index is 3.78. The molecule has 0 aliphatic rings. The summed E-state index contributed by atoms with van der Waals surface area (Å²) in [5, 5.41) is 0. The zero-order valence-corrected chi connectivity index (χ0v) is 6.43. The minimum atomic E-state index is 0. The van der Waals surface area contributed by atoms with E-state index < -0.39 is 0 Å². The normalized spacial score (nSPS) is 7.57. The van der Waals surface area contributed by atoms with Gasteiger partial charge in [0.1, 0.15) is 0 Å². The Morgan fingerprint density at radius 1 is 1.57 bits per heavy atom. The van der Waals surface area contributed by atoms with Crippen LogP contribution in [0, 0.1) is 49.4 Å². The van der Waals surface area contributed by atoms with E-state index in [4.69, 9.17) is 0 Å². The van der Waals surface area contributed by atoms with E-state index in [0.717, 1.165) is 0 Å². The Morgan fingerprint density at radius 3 is 2.43 bits per heavy atom. The van der Waals surface area contributed by atoms with E-state index in [1.165, 1.54) is 0 Å². The average Bonchev–Trinajstić information content (AvgIpc) is 1.86. The fraction of sp³-hybridized carbons (Fsp3) is 0.250. The van der Waals surface area contributed by atoms with Gasteiger partial charge in [-0.1, -0.05) is 0 Å². The number of hydrogen-bond donors (Lipinski definition) is 0. The van der Waals surface area contributed by atoms with Crippen molar-refractivity contribution in [1.82, 2.24) is 9.55 Å². The SMILES string of the molecule is Cn1ccnc1.[Eu]. The van der Waals surface area contributed by atoms with E-state index in [-0.39, 0.29) is 49.4 Å². The van der Waals surface area contributed by atoms with Gasteiger partial charge in [-0.3, -0.25) is 0 Å². The molecular weight excluding hydrogens is 228 g/mol. The molecule has 1 heterocycles. The molecule has 0 amide bonds. The van der Waals surface area contributed by atoms with Crippen LogP contribution in [0.4, 0.5) is 0 Å². The minimum Gasteiger partial charge on any atom is -0.341 e. The van der Waals surface area contributed by atoms with Gasteiger partial charge in [-0.15, -0.1) is 0 Å². The summed E-state index contributed by atoms with van der Waals surface area (Å²) in [6, 6.07) is 0. The summed E-state index contributed by atoms with van der Waals surface area (Å²) < 4.78 is 1.89. The van der Waals surface area contributed by atoms with Crippen LogP contribution in [-0.2, 0) is 7.05 Å². The molecule has 3 heteroatoms. The molecule has 7 heavy (non-hydrogen) atoms. The van der Waals surface area contributed by atoms with Crippen molar-refractivity contribution in [2.75, 3.05) is 0 Å². The summed E-state index contributed by atoms with van der Waals surface area (Å²) in [7, 11) is 1.94. The molecule has 0 aromatic carbocycles. The number of aromatic nitrogens is 2. The van der Waals surface area contributed by atoms with Crippen molar-refractivity contribution in [3.05, 3.63) is 18.7 Å². The molecule has 1 aromatic heterocycles. The van der Waals surface area contributed by atoms with Gasteiger partial charge in [-0.05, 0) is 0 Å². The molecule has 0 aliphatic carbocycles. The Hall–Kier alpha value is 0.794. The summed E-state index contributed by atoms with van der Waals surface area (Å²) in [5.41, 5.74) is 0. The summed E-state index contributed by atoms with van der Waals surface area (Å²) in [6.45, 7) is 0. The molecule has 0 saturated heterocycles. The standard InChI is InChI=1S/C4H6N2.Eu/c1-6-3-2-5-4-6;/h2-4H,1H3;. The molecule has 0 bridgehead atoms. The van der Waals surface area contributed by atoms with Gasteiger partial charge >= 0.3 is 0 Å². The zero-order valence-electron chi connectivity index (χ0n) is 4.00. The number of rotatable bonds is 0. The molecule has 0 fully saturated rings. The molecule has 0 unspecified atom stereocenters. The van der Waals surface area contributed by atoms with Crippen LogP contribution < -0.4 is 0 Å². The molecule has 39 valence electrons. The second kappa shape index (κ2) is 3.75. The Balaban J connectivity index is 0.000000360. The second-order valence-corrected chi connectivity index (χ2v) is 1.23. The van der Waals surface area contributed by atoms with Crippen molar-refractivity contribution in [3.8, 4) is 0 Å². The molecule has 2 nitrogen and oxygen atoms in total. The first-order chi connectivity index (χ1) is 2.89. The van der Waals surface area contributed by atoms with Gasteiger partial charge in [0.05, 0.1) is 6.33 Å². The Morgan fingerprint density at radius 2 is 2.29 bits per heavy atom. The predicted molar refractivity (Wildman–Crippen MR) is 23.2 cm³/mol.